The Balaban J connectivity index is 1.57. The van der Waals surface area contributed by atoms with Crippen LogP contribution < -0.4 is 5.32 Å². The van der Waals surface area contributed by atoms with Crippen LogP contribution in [-0.2, 0) is 4.79 Å². The molecule has 0 bridgehead atoms. The highest BCUT2D eigenvalue weighted by Gasteiger charge is 2.19. The lowest BCUT2D eigenvalue weighted by atomic mass is 9.97. The van der Waals surface area contributed by atoms with Gasteiger partial charge in [0.15, 0.2) is 5.16 Å². The number of aromatic nitrogens is 3. The molecule has 3 rings (SSSR count). The Labute approximate surface area is 159 Å². The van der Waals surface area contributed by atoms with E-state index in [1.54, 1.807) is 0 Å². The molecule has 0 spiro atoms. The summed E-state index contributed by atoms with van der Waals surface area (Å²) < 4.78 is 1.99. The second-order valence-electron chi connectivity index (χ2n) is 6.61. The fourth-order valence-electron chi connectivity index (χ4n) is 3.13. The molecule has 1 unspecified atom stereocenters. The Kier molecular flexibility index (Phi) is 6.50. The van der Waals surface area contributed by atoms with Crippen molar-refractivity contribution in [3.63, 3.8) is 0 Å². The minimum Gasteiger partial charge on any atom is -0.355 e. The number of hydrogen-bond acceptors (Lipinski definition) is 4. The molecule has 1 aromatic heterocycles. The number of thioether (sulfide) groups is 1. The fraction of sp³-hybridized carbons (Fsp3) is 0.450. The van der Waals surface area contributed by atoms with Crippen molar-refractivity contribution in [1.82, 2.24) is 20.1 Å². The third kappa shape index (κ3) is 4.75. The Morgan fingerprint density at radius 3 is 2.81 bits per heavy atom. The zero-order chi connectivity index (χ0) is 18.4. The topological polar surface area (TPSA) is 59.8 Å². The predicted molar refractivity (Wildman–Crippen MR) is 106 cm³/mol. The molecule has 1 amide bonds. The second kappa shape index (κ2) is 9.03. The first-order valence-corrected chi connectivity index (χ1v) is 10.1. The molecular weight excluding hydrogens is 344 g/mol. The minimum absolute atomic E-state index is 0.0478. The first-order chi connectivity index (χ1) is 12.6. The van der Waals surface area contributed by atoms with E-state index >= 15 is 0 Å². The van der Waals surface area contributed by atoms with E-state index in [-0.39, 0.29) is 11.2 Å². The van der Waals surface area contributed by atoms with E-state index in [9.17, 15) is 4.79 Å². The maximum Gasteiger partial charge on any atom is 0.233 e. The van der Waals surface area contributed by atoms with Gasteiger partial charge in [-0.05, 0) is 58.1 Å². The van der Waals surface area contributed by atoms with E-state index in [2.05, 4.69) is 21.6 Å². The molecule has 5 nitrogen and oxygen atoms in total. The van der Waals surface area contributed by atoms with E-state index in [1.807, 2.05) is 48.7 Å². The van der Waals surface area contributed by atoms with Crippen LogP contribution >= 0.6 is 11.8 Å². The Bertz CT molecular complexity index is 769. The largest absolute Gasteiger partial charge is 0.355 e. The van der Waals surface area contributed by atoms with Crippen LogP contribution in [0, 0.1) is 6.92 Å². The van der Waals surface area contributed by atoms with Gasteiger partial charge < -0.3 is 5.32 Å². The van der Waals surface area contributed by atoms with Gasteiger partial charge in [-0.25, -0.2) is 0 Å². The normalized spacial score (nSPS) is 15.4. The SMILES string of the molecule is Cc1nnc(SC(C)C(=O)NCCC2=CCCCC2)n1-c1ccccc1. The Hall–Kier alpha value is -2.08. The molecule has 138 valence electrons. The molecule has 1 atom stereocenters. The van der Waals surface area contributed by atoms with Crippen LogP contribution in [0.15, 0.2) is 47.1 Å². The molecule has 2 aromatic rings. The molecule has 1 N–H and O–H groups in total. The van der Waals surface area contributed by atoms with Crippen molar-refractivity contribution in [3.8, 4) is 5.69 Å². The van der Waals surface area contributed by atoms with Gasteiger partial charge in [0.25, 0.3) is 0 Å². The lowest BCUT2D eigenvalue weighted by Crippen LogP contribution is -2.32. The number of nitrogens with zero attached hydrogens (tertiary/aromatic N) is 3. The first-order valence-electron chi connectivity index (χ1n) is 9.25. The van der Waals surface area contributed by atoms with Crippen molar-refractivity contribution in [2.24, 2.45) is 0 Å². The third-order valence-corrected chi connectivity index (χ3v) is 5.63. The summed E-state index contributed by atoms with van der Waals surface area (Å²) in [4.78, 5) is 12.4. The van der Waals surface area contributed by atoms with Crippen LogP contribution in [0.25, 0.3) is 5.69 Å². The number of hydrogen-bond donors (Lipinski definition) is 1. The Morgan fingerprint density at radius 2 is 2.08 bits per heavy atom. The smallest absolute Gasteiger partial charge is 0.233 e. The number of rotatable bonds is 7. The van der Waals surface area contributed by atoms with Crippen molar-refractivity contribution < 1.29 is 4.79 Å². The molecule has 26 heavy (non-hydrogen) atoms. The van der Waals surface area contributed by atoms with E-state index in [0.717, 1.165) is 23.1 Å². The average molecular weight is 371 g/mol. The molecule has 0 saturated carbocycles. The number of carbonyl (C=O) groups is 1. The van der Waals surface area contributed by atoms with E-state index < -0.39 is 0 Å². The van der Waals surface area contributed by atoms with Crippen molar-refractivity contribution in [2.75, 3.05) is 6.54 Å². The molecule has 1 heterocycles. The molecule has 1 aliphatic rings. The quantitative estimate of drug-likeness (QED) is 0.590. The van der Waals surface area contributed by atoms with Gasteiger partial charge in [-0.2, -0.15) is 0 Å². The van der Waals surface area contributed by atoms with Crippen LogP contribution in [0.4, 0.5) is 0 Å². The minimum atomic E-state index is -0.221. The number of amides is 1. The lowest BCUT2D eigenvalue weighted by Gasteiger charge is -2.15. The van der Waals surface area contributed by atoms with Gasteiger partial charge in [-0.1, -0.05) is 41.6 Å². The fourth-order valence-corrected chi connectivity index (χ4v) is 4.06. The molecule has 1 aromatic carbocycles. The maximum absolute atomic E-state index is 12.4. The summed E-state index contributed by atoms with van der Waals surface area (Å²) in [5.41, 5.74) is 2.49. The summed E-state index contributed by atoms with van der Waals surface area (Å²) >= 11 is 1.44. The highest BCUT2D eigenvalue weighted by Crippen LogP contribution is 2.25. The summed E-state index contributed by atoms with van der Waals surface area (Å²) in [7, 11) is 0. The van der Waals surface area contributed by atoms with Crippen molar-refractivity contribution in [1.29, 1.82) is 0 Å². The van der Waals surface area contributed by atoms with Crippen LogP contribution in [0.3, 0.4) is 0 Å². The Morgan fingerprint density at radius 1 is 1.27 bits per heavy atom. The number of carbonyl (C=O) groups excluding carboxylic acids is 1. The van der Waals surface area contributed by atoms with Gasteiger partial charge >= 0.3 is 0 Å². The third-order valence-electron chi connectivity index (χ3n) is 4.59. The van der Waals surface area contributed by atoms with Gasteiger partial charge in [0.05, 0.1) is 5.25 Å². The van der Waals surface area contributed by atoms with Crippen molar-refractivity contribution >= 4 is 17.7 Å². The maximum atomic E-state index is 12.4. The van der Waals surface area contributed by atoms with Crippen LogP contribution in [-0.4, -0.2) is 32.5 Å². The molecule has 6 heteroatoms. The molecule has 0 fully saturated rings. The molecule has 1 aliphatic carbocycles. The molecular formula is C20H26N4OS. The van der Waals surface area contributed by atoms with Gasteiger partial charge in [-0.3, -0.25) is 9.36 Å². The monoisotopic (exact) mass is 370 g/mol. The van der Waals surface area contributed by atoms with Crippen molar-refractivity contribution in [2.45, 2.75) is 56.4 Å². The number of allylic oxidation sites excluding steroid dienone is 1. The van der Waals surface area contributed by atoms with Crippen LogP contribution in [0.5, 0.6) is 0 Å². The van der Waals surface area contributed by atoms with Gasteiger partial charge in [0, 0.05) is 12.2 Å². The van der Waals surface area contributed by atoms with Crippen LogP contribution in [0.2, 0.25) is 0 Å². The number of nitrogens with one attached hydrogen (secondary N) is 1. The summed E-state index contributed by atoms with van der Waals surface area (Å²) in [6.07, 6.45) is 8.23. The van der Waals surface area contributed by atoms with Gasteiger partial charge in [0.1, 0.15) is 5.82 Å². The number of para-hydroxylation sites is 1. The zero-order valence-electron chi connectivity index (χ0n) is 15.4. The van der Waals surface area contributed by atoms with E-state index in [4.69, 9.17) is 0 Å². The van der Waals surface area contributed by atoms with Gasteiger partial charge in [-0.15, -0.1) is 10.2 Å². The number of benzene rings is 1. The molecule has 0 aliphatic heterocycles. The standard InChI is InChI=1S/C20H26N4OS/c1-15(19(25)21-14-13-17-9-5-3-6-10-17)26-20-23-22-16(2)24(20)18-11-7-4-8-12-18/h4,7-9,11-12,15H,3,5-6,10,13-14H2,1-2H3,(H,21,25). The number of aryl methyl sites for hydroxylation is 1. The highest BCUT2D eigenvalue weighted by atomic mass is 32.2. The van der Waals surface area contributed by atoms with E-state index in [0.29, 0.717) is 6.54 Å². The summed E-state index contributed by atoms with van der Waals surface area (Å²) in [5, 5.41) is 12.0. The highest BCUT2D eigenvalue weighted by molar-refractivity contribution is 8.00. The van der Waals surface area contributed by atoms with Gasteiger partial charge in [0.2, 0.25) is 5.91 Å². The summed E-state index contributed by atoms with van der Waals surface area (Å²) in [5.74, 6) is 0.863. The predicted octanol–water partition coefficient (Wildman–Crippen LogP) is 4.06. The summed E-state index contributed by atoms with van der Waals surface area (Å²) in [6.45, 7) is 4.55. The summed E-state index contributed by atoms with van der Waals surface area (Å²) in [6, 6.07) is 9.98. The molecule has 0 saturated heterocycles. The molecule has 0 radical (unpaired) electrons. The first kappa shape index (κ1) is 18.7. The van der Waals surface area contributed by atoms with Crippen molar-refractivity contribution in [3.05, 3.63) is 47.8 Å². The zero-order valence-corrected chi connectivity index (χ0v) is 16.3. The average Bonchev–Trinajstić information content (AvgIpc) is 3.03. The van der Waals surface area contributed by atoms with E-state index in [1.165, 1.54) is 43.0 Å². The van der Waals surface area contributed by atoms with Crippen LogP contribution in [0.1, 0.15) is 44.9 Å². The second-order valence-corrected chi connectivity index (χ2v) is 7.92. The lowest BCUT2D eigenvalue weighted by molar-refractivity contribution is -0.120.